The Bertz CT molecular complexity index is 179. The van der Waals surface area contributed by atoms with Crippen molar-refractivity contribution >= 4 is 0 Å². The van der Waals surface area contributed by atoms with E-state index in [2.05, 4.69) is 46.4 Å². The molecular weight excluding hydrogens is 162 g/mol. The quantitative estimate of drug-likeness (QED) is 0.655. The molecule has 2 nitrogen and oxygen atoms in total. The first-order valence-corrected chi connectivity index (χ1v) is 5.32. The summed E-state index contributed by atoms with van der Waals surface area (Å²) in [6.45, 7) is 14.3. The molecule has 0 aromatic rings. The highest BCUT2D eigenvalue weighted by atomic mass is 16.5. The van der Waals surface area contributed by atoms with Crippen molar-refractivity contribution in [2.45, 2.75) is 59.4 Å². The van der Waals surface area contributed by atoms with E-state index in [-0.39, 0.29) is 5.72 Å². The highest BCUT2D eigenvalue weighted by molar-refractivity contribution is 4.91. The van der Waals surface area contributed by atoms with E-state index in [4.69, 9.17) is 4.74 Å². The first-order valence-electron chi connectivity index (χ1n) is 5.32. The SMILES string of the molecule is CC(C)N1[C@H](C)COC1(C)C(C)C. The molecule has 0 amide bonds. The van der Waals surface area contributed by atoms with Crippen molar-refractivity contribution in [1.82, 2.24) is 4.90 Å². The summed E-state index contributed by atoms with van der Waals surface area (Å²) < 4.78 is 5.91. The van der Waals surface area contributed by atoms with Crippen molar-refractivity contribution in [2.75, 3.05) is 6.61 Å². The van der Waals surface area contributed by atoms with E-state index < -0.39 is 0 Å². The molecule has 78 valence electrons. The molecule has 0 spiro atoms. The Balaban J connectivity index is 2.86. The van der Waals surface area contributed by atoms with Gasteiger partial charge in [-0.25, -0.2) is 0 Å². The monoisotopic (exact) mass is 185 g/mol. The van der Waals surface area contributed by atoms with Crippen molar-refractivity contribution in [3.63, 3.8) is 0 Å². The van der Waals surface area contributed by atoms with Crippen LogP contribution in [0.3, 0.4) is 0 Å². The maximum absolute atomic E-state index is 5.91. The third-order valence-corrected chi connectivity index (χ3v) is 3.23. The molecule has 0 radical (unpaired) electrons. The van der Waals surface area contributed by atoms with Gasteiger partial charge in [-0.1, -0.05) is 13.8 Å². The lowest BCUT2D eigenvalue weighted by molar-refractivity contribution is -0.115. The summed E-state index contributed by atoms with van der Waals surface area (Å²) in [5, 5.41) is 0. The Morgan fingerprint density at radius 3 is 2.15 bits per heavy atom. The number of hydrogen-bond donors (Lipinski definition) is 0. The summed E-state index contributed by atoms with van der Waals surface area (Å²) in [7, 11) is 0. The smallest absolute Gasteiger partial charge is 0.121 e. The predicted molar refractivity (Wildman–Crippen MR) is 55.6 cm³/mol. The molecule has 1 fully saturated rings. The summed E-state index contributed by atoms with van der Waals surface area (Å²) in [6.07, 6.45) is 0. The topological polar surface area (TPSA) is 12.5 Å². The molecule has 13 heavy (non-hydrogen) atoms. The van der Waals surface area contributed by atoms with Gasteiger partial charge >= 0.3 is 0 Å². The molecule has 1 rings (SSSR count). The van der Waals surface area contributed by atoms with E-state index in [0.717, 1.165) is 6.61 Å². The van der Waals surface area contributed by atoms with Gasteiger partial charge in [-0.2, -0.15) is 0 Å². The second-order valence-corrected chi connectivity index (χ2v) is 4.87. The molecule has 2 heteroatoms. The van der Waals surface area contributed by atoms with Crippen LogP contribution in [-0.2, 0) is 4.74 Å². The molecule has 1 saturated heterocycles. The fourth-order valence-corrected chi connectivity index (χ4v) is 2.37. The second-order valence-electron chi connectivity index (χ2n) is 4.87. The van der Waals surface area contributed by atoms with Crippen LogP contribution in [0.25, 0.3) is 0 Å². The Morgan fingerprint density at radius 1 is 1.31 bits per heavy atom. The maximum atomic E-state index is 5.91. The van der Waals surface area contributed by atoms with Gasteiger partial charge in [0.25, 0.3) is 0 Å². The van der Waals surface area contributed by atoms with E-state index in [1.54, 1.807) is 0 Å². The molecule has 1 heterocycles. The zero-order chi connectivity index (χ0) is 10.2. The second kappa shape index (κ2) is 3.58. The van der Waals surface area contributed by atoms with Crippen LogP contribution in [0, 0.1) is 5.92 Å². The van der Waals surface area contributed by atoms with E-state index in [1.807, 2.05) is 0 Å². The number of hydrogen-bond acceptors (Lipinski definition) is 2. The van der Waals surface area contributed by atoms with E-state index >= 15 is 0 Å². The summed E-state index contributed by atoms with van der Waals surface area (Å²) in [4.78, 5) is 2.48. The van der Waals surface area contributed by atoms with Crippen LogP contribution < -0.4 is 0 Å². The van der Waals surface area contributed by atoms with Crippen LogP contribution in [-0.4, -0.2) is 29.3 Å². The highest BCUT2D eigenvalue weighted by Crippen LogP contribution is 2.35. The molecular formula is C11H23NO. The Hall–Kier alpha value is -0.0800. The van der Waals surface area contributed by atoms with Gasteiger partial charge in [-0.05, 0) is 33.6 Å². The lowest BCUT2D eigenvalue weighted by Crippen LogP contribution is -2.52. The van der Waals surface area contributed by atoms with Crippen molar-refractivity contribution < 1.29 is 4.74 Å². The molecule has 0 aromatic heterocycles. The molecule has 0 saturated carbocycles. The Morgan fingerprint density at radius 2 is 1.85 bits per heavy atom. The van der Waals surface area contributed by atoms with Crippen molar-refractivity contribution in [1.29, 1.82) is 0 Å². The minimum Gasteiger partial charge on any atom is -0.359 e. The van der Waals surface area contributed by atoms with Gasteiger partial charge in [-0.15, -0.1) is 0 Å². The fraction of sp³-hybridized carbons (Fsp3) is 1.00. The van der Waals surface area contributed by atoms with Gasteiger partial charge in [0.15, 0.2) is 0 Å². The highest BCUT2D eigenvalue weighted by Gasteiger charge is 2.45. The summed E-state index contributed by atoms with van der Waals surface area (Å²) >= 11 is 0. The summed E-state index contributed by atoms with van der Waals surface area (Å²) in [5.41, 5.74) is -0.0619. The first kappa shape index (κ1) is 11.0. The predicted octanol–water partition coefficient (Wildman–Crippen LogP) is 2.49. The van der Waals surface area contributed by atoms with Crippen LogP contribution in [0.2, 0.25) is 0 Å². The third-order valence-electron chi connectivity index (χ3n) is 3.23. The summed E-state index contributed by atoms with van der Waals surface area (Å²) in [6, 6.07) is 1.11. The Labute approximate surface area is 82.3 Å². The van der Waals surface area contributed by atoms with Crippen molar-refractivity contribution in [2.24, 2.45) is 5.92 Å². The largest absolute Gasteiger partial charge is 0.359 e. The van der Waals surface area contributed by atoms with E-state index in [9.17, 15) is 0 Å². The molecule has 0 N–H and O–H groups in total. The molecule has 0 bridgehead atoms. The average Bonchev–Trinajstić information content (AvgIpc) is 2.28. The van der Waals surface area contributed by atoms with Gasteiger partial charge in [0.2, 0.25) is 0 Å². The summed E-state index contributed by atoms with van der Waals surface area (Å²) in [5.74, 6) is 0.542. The molecule has 1 aliphatic heterocycles. The van der Waals surface area contributed by atoms with Crippen molar-refractivity contribution in [3.8, 4) is 0 Å². The number of ether oxygens (including phenoxy) is 1. The van der Waals surface area contributed by atoms with Crippen LogP contribution in [0.15, 0.2) is 0 Å². The number of nitrogens with zero attached hydrogens (tertiary/aromatic N) is 1. The zero-order valence-corrected chi connectivity index (χ0v) is 9.79. The normalized spacial score (nSPS) is 36.5. The Kier molecular flexibility index (Phi) is 3.03. The first-order chi connectivity index (χ1) is 5.89. The van der Waals surface area contributed by atoms with Crippen LogP contribution >= 0.6 is 0 Å². The van der Waals surface area contributed by atoms with Gasteiger partial charge in [0.05, 0.1) is 6.61 Å². The molecule has 2 atom stereocenters. The van der Waals surface area contributed by atoms with Gasteiger partial charge in [-0.3, -0.25) is 4.90 Å². The fourth-order valence-electron chi connectivity index (χ4n) is 2.37. The lowest BCUT2D eigenvalue weighted by atomic mass is 9.98. The minimum absolute atomic E-state index is 0.0619. The standard InChI is InChI=1S/C11H23NO/c1-8(2)11(6)12(9(3)4)10(5)7-13-11/h8-10H,7H2,1-6H3/t10-,11?/m1/s1. The average molecular weight is 185 g/mol. The molecule has 1 aliphatic rings. The molecule has 0 aromatic carbocycles. The third kappa shape index (κ3) is 1.75. The lowest BCUT2D eigenvalue weighted by Gasteiger charge is -2.41. The van der Waals surface area contributed by atoms with Crippen LogP contribution in [0.5, 0.6) is 0 Å². The molecule has 0 aliphatic carbocycles. The van der Waals surface area contributed by atoms with Gasteiger partial charge in [0, 0.05) is 12.1 Å². The maximum Gasteiger partial charge on any atom is 0.121 e. The minimum atomic E-state index is -0.0619. The van der Waals surface area contributed by atoms with Crippen LogP contribution in [0.1, 0.15) is 41.5 Å². The van der Waals surface area contributed by atoms with Crippen LogP contribution in [0.4, 0.5) is 0 Å². The van der Waals surface area contributed by atoms with Gasteiger partial charge in [0.1, 0.15) is 5.72 Å². The van der Waals surface area contributed by atoms with Gasteiger partial charge < -0.3 is 4.74 Å². The van der Waals surface area contributed by atoms with Crippen molar-refractivity contribution in [3.05, 3.63) is 0 Å². The molecule has 1 unspecified atom stereocenters. The van der Waals surface area contributed by atoms with E-state index in [0.29, 0.717) is 18.0 Å². The number of rotatable bonds is 2. The van der Waals surface area contributed by atoms with E-state index in [1.165, 1.54) is 0 Å². The zero-order valence-electron chi connectivity index (χ0n) is 9.79.